The lowest BCUT2D eigenvalue weighted by Crippen LogP contribution is -2.55. The number of likely N-dealkylation sites (tertiary alicyclic amines) is 1. The third-order valence-corrected chi connectivity index (χ3v) is 8.29. The van der Waals surface area contributed by atoms with E-state index in [1.165, 1.54) is 24.3 Å². The fourth-order valence-corrected chi connectivity index (χ4v) is 6.16. The van der Waals surface area contributed by atoms with Gasteiger partial charge in [0.25, 0.3) is 5.91 Å². The van der Waals surface area contributed by atoms with E-state index in [1.807, 2.05) is 0 Å². The molecule has 4 amide bonds. The number of urea groups is 1. The van der Waals surface area contributed by atoms with Gasteiger partial charge < -0.3 is 15.0 Å². The molecule has 216 valence electrons. The summed E-state index contributed by atoms with van der Waals surface area (Å²) in [5.41, 5.74) is -0.0996. The number of fused-ring (bicyclic) bond motifs is 2. The van der Waals surface area contributed by atoms with E-state index in [2.05, 4.69) is 15.0 Å². The van der Waals surface area contributed by atoms with Crippen LogP contribution in [0.2, 0.25) is 5.02 Å². The molecule has 4 fully saturated rings. The number of piperazine rings is 1. The van der Waals surface area contributed by atoms with Crippen molar-refractivity contribution in [3.8, 4) is 5.75 Å². The standard InChI is InChI=1S/C28H25ClF4N4O4/c29-21-12-22(37-25(39)27(9-10-27)34-26(37)40)17(11-23(21)41-28(31,32)33)3-8-24(38)36-19-6-7-20(36)15-35(14-19)13-16-1-4-18(30)5-2-16/h1-5,8,11-12,19-20H,6-7,9-10,13-15H2,(H,34,40). The van der Waals surface area contributed by atoms with Crippen LogP contribution in [0, 0.1) is 5.82 Å². The number of hydrogen-bond acceptors (Lipinski definition) is 5. The minimum atomic E-state index is -5.03. The van der Waals surface area contributed by atoms with Crippen LogP contribution in [0.1, 0.15) is 36.8 Å². The van der Waals surface area contributed by atoms with E-state index in [0.29, 0.717) is 32.5 Å². The van der Waals surface area contributed by atoms with E-state index in [0.717, 1.165) is 35.4 Å². The second kappa shape index (κ2) is 10.0. The Labute approximate surface area is 237 Å². The van der Waals surface area contributed by atoms with Gasteiger partial charge >= 0.3 is 12.4 Å². The van der Waals surface area contributed by atoms with Crippen LogP contribution in [0.15, 0.2) is 42.5 Å². The van der Waals surface area contributed by atoms with Crippen molar-refractivity contribution >= 4 is 41.2 Å². The van der Waals surface area contributed by atoms with Crippen molar-refractivity contribution < 1.29 is 36.7 Å². The van der Waals surface area contributed by atoms with E-state index in [9.17, 15) is 31.9 Å². The van der Waals surface area contributed by atoms with Gasteiger partial charge in [0, 0.05) is 43.4 Å². The van der Waals surface area contributed by atoms with Crippen molar-refractivity contribution in [3.05, 3.63) is 64.4 Å². The van der Waals surface area contributed by atoms with Gasteiger partial charge in [-0.15, -0.1) is 13.2 Å². The Morgan fingerprint density at radius 1 is 1.10 bits per heavy atom. The summed E-state index contributed by atoms with van der Waals surface area (Å²) in [6.07, 6.45) is -0.0215. The van der Waals surface area contributed by atoms with Gasteiger partial charge in [-0.1, -0.05) is 23.7 Å². The molecule has 41 heavy (non-hydrogen) atoms. The monoisotopic (exact) mass is 592 g/mol. The Morgan fingerprint density at radius 3 is 2.34 bits per heavy atom. The maximum absolute atomic E-state index is 13.4. The largest absolute Gasteiger partial charge is 0.573 e. The SMILES string of the molecule is O=C1NC2(CC2)C(=O)N1c1cc(Cl)c(OC(F)(F)F)cc1C=CC(=O)N1C2CCC1CN(Cc1ccc(F)cc1)C2. The first-order valence-corrected chi connectivity index (χ1v) is 13.5. The van der Waals surface area contributed by atoms with Crippen LogP contribution in [0.5, 0.6) is 5.75 Å². The van der Waals surface area contributed by atoms with Crippen LogP contribution in [-0.2, 0) is 16.1 Å². The summed E-state index contributed by atoms with van der Waals surface area (Å²) in [4.78, 5) is 43.9. The fourth-order valence-electron chi connectivity index (χ4n) is 5.97. The molecule has 1 aliphatic carbocycles. The number of halogens is 5. The molecule has 3 aliphatic heterocycles. The van der Waals surface area contributed by atoms with Crippen molar-refractivity contribution in [2.75, 3.05) is 18.0 Å². The molecule has 4 aliphatic rings. The highest BCUT2D eigenvalue weighted by molar-refractivity contribution is 6.33. The van der Waals surface area contributed by atoms with E-state index in [1.54, 1.807) is 17.0 Å². The van der Waals surface area contributed by atoms with Crippen LogP contribution in [0.25, 0.3) is 6.08 Å². The van der Waals surface area contributed by atoms with Gasteiger partial charge in [-0.2, -0.15) is 0 Å². The van der Waals surface area contributed by atoms with Crippen molar-refractivity contribution in [1.29, 1.82) is 0 Å². The normalized spacial score (nSPS) is 23.5. The van der Waals surface area contributed by atoms with Crippen LogP contribution in [0.3, 0.4) is 0 Å². The van der Waals surface area contributed by atoms with Gasteiger partial charge in [0.15, 0.2) is 0 Å². The first kappa shape index (κ1) is 27.5. The number of alkyl halides is 3. The Hall–Kier alpha value is -3.64. The topological polar surface area (TPSA) is 82.2 Å². The molecule has 3 saturated heterocycles. The molecule has 2 aromatic carbocycles. The average Bonchev–Trinajstić information content (AvgIpc) is 3.57. The molecule has 1 saturated carbocycles. The number of carbonyl (C=O) groups is 3. The van der Waals surface area contributed by atoms with Crippen molar-refractivity contribution in [2.45, 2.75) is 56.2 Å². The Kier molecular flexibility index (Phi) is 6.73. The van der Waals surface area contributed by atoms with Gasteiger partial charge in [-0.3, -0.25) is 14.5 Å². The summed E-state index contributed by atoms with van der Waals surface area (Å²) in [6, 6.07) is 7.45. The number of amides is 4. The number of nitrogens with zero attached hydrogens (tertiary/aromatic N) is 3. The summed E-state index contributed by atoms with van der Waals surface area (Å²) in [7, 11) is 0. The molecule has 3 heterocycles. The third-order valence-electron chi connectivity index (χ3n) is 8.00. The van der Waals surface area contributed by atoms with Gasteiger partial charge in [0.2, 0.25) is 5.91 Å². The van der Waals surface area contributed by atoms with Gasteiger partial charge in [0.1, 0.15) is 17.1 Å². The van der Waals surface area contributed by atoms with E-state index < -0.39 is 34.6 Å². The van der Waals surface area contributed by atoms with Crippen LogP contribution < -0.4 is 15.0 Å². The number of benzene rings is 2. The molecule has 0 aromatic heterocycles. The van der Waals surface area contributed by atoms with E-state index in [4.69, 9.17) is 11.6 Å². The lowest BCUT2D eigenvalue weighted by Gasteiger charge is -2.40. The Balaban J connectivity index is 1.24. The second-order valence-corrected chi connectivity index (χ2v) is 11.2. The zero-order valence-electron chi connectivity index (χ0n) is 21.6. The molecule has 1 N–H and O–H groups in total. The summed E-state index contributed by atoms with van der Waals surface area (Å²) in [5.74, 6) is -1.90. The number of nitrogens with one attached hydrogen (secondary N) is 1. The zero-order valence-corrected chi connectivity index (χ0v) is 22.3. The van der Waals surface area contributed by atoms with Gasteiger partial charge in [-0.05, 0) is 61.6 Å². The number of rotatable bonds is 6. The van der Waals surface area contributed by atoms with Gasteiger partial charge in [0.05, 0.1) is 10.7 Å². The van der Waals surface area contributed by atoms with Crippen LogP contribution in [0.4, 0.5) is 28.0 Å². The summed E-state index contributed by atoms with van der Waals surface area (Å²) < 4.78 is 56.4. The molecule has 0 radical (unpaired) electrons. The number of ether oxygens (including phenoxy) is 1. The quantitative estimate of drug-likeness (QED) is 0.295. The lowest BCUT2D eigenvalue weighted by molar-refractivity contribution is -0.274. The highest BCUT2D eigenvalue weighted by Crippen LogP contribution is 2.45. The zero-order chi connectivity index (χ0) is 29.1. The third kappa shape index (κ3) is 5.38. The molecular weight excluding hydrogens is 568 g/mol. The molecular formula is C28H25ClF4N4O4. The van der Waals surface area contributed by atoms with E-state index >= 15 is 0 Å². The molecule has 6 rings (SSSR count). The predicted octanol–water partition coefficient (Wildman–Crippen LogP) is 4.86. The van der Waals surface area contributed by atoms with E-state index in [-0.39, 0.29) is 35.1 Å². The predicted molar refractivity (Wildman–Crippen MR) is 140 cm³/mol. The minimum Gasteiger partial charge on any atom is -0.404 e. The van der Waals surface area contributed by atoms with Crippen LogP contribution >= 0.6 is 11.6 Å². The van der Waals surface area contributed by atoms with Crippen LogP contribution in [-0.4, -0.2) is 64.7 Å². The second-order valence-electron chi connectivity index (χ2n) is 10.8. The van der Waals surface area contributed by atoms with Crippen molar-refractivity contribution in [1.82, 2.24) is 15.1 Å². The molecule has 2 unspecified atom stereocenters. The highest BCUT2D eigenvalue weighted by atomic mass is 35.5. The number of carbonyl (C=O) groups excluding carboxylic acids is 3. The average molecular weight is 593 g/mol. The summed E-state index contributed by atoms with van der Waals surface area (Å²) in [6.45, 7) is 1.86. The number of hydrogen-bond donors (Lipinski definition) is 1. The Bertz CT molecular complexity index is 1430. The first-order valence-electron chi connectivity index (χ1n) is 13.2. The minimum absolute atomic E-state index is 0.00880. The first-order chi connectivity index (χ1) is 19.4. The lowest BCUT2D eigenvalue weighted by atomic mass is 10.1. The number of imide groups is 1. The summed E-state index contributed by atoms with van der Waals surface area (Å²) >= 11 is 6.06. The molecule has 2 aromatic rings. The highest BCUT2D eigenvalue weighted by Gasteiger charge is 2.60. The van der Waals surface area contributed by atoms with Crippen molar-refractivity contribution in [3.63, 3.8) is 0 Å². The molecule has 2 bridgehead atoms. The molecule has 13 heteroatoms. The fraction of sp³-hybridized carbons (Fsp3) is 0.393. The Morgan fingerprint density at radius 2 is 1.76 bits per heavy atom. The molecule has 1 spiro atoms. The number of anilines is 1. The maximum atomic E-state index is 13.4. The van der Waals surface area contributed by atoms with Gasteiger partial charge in [-0.25, -0.2) is 14.1 Å². The van der Waals surface area contributed by atoms with Crippen molar-refractivity contribution in [2.24, 2.45) is 0 Å². The smallest absolute Gasteiger partial charge is 0.404 e. The molecule has 8 nitrogen and oxygen atoms in total. The maximum Gasteiger partial charge on any atom is 0.573 e. The molecule has 2 atom stereocenters. The summed E-state index contributed by atoms with van der Waals surface area (Å²) in [5, 5.41) is 2.17.